The van der Waals surface area contributed by atoms with Crippen LogP contribution in [0.15, 0.2) is 48.5 Å². The van der Waals surface area contributed by atoms with E-state index in [1.165, 1.54) is 12.8 Å². The average molecular weight is 448 g/mol. The van der Waals surface area contributed by atoms with Gasteiger partial charge in [0.05, 0.1) is 7.11 Å². The summed E-state index contributed by atoms with van der Waals surface area (Å²) in [7, 11) is 1.66. The molecule has 4 rings (SSSR count). The van der Waals surface area contributed by atoms with Crippen LogP contribution in [-0.4, -0.2) is 48.4 Å². The van der Waals surface area contributed by atoms with Crippen LogP contribution in [-0.2, 0) is 16.0 Å². The van der Waals surface area contributed by atoms with Gasteiger partial charge >= 0.3 is 0 Å². The number of benzene rings is 2. The molecule has 0 radical (unpaired) electrons. The van der Waals surface area contributed by atoms with Crippen LogP contribution in [0.4, 0.5) is 0 Å². The lowest BCUT2D eigenvalue weighted by molar-refractivity contribution is -0.131. The van der Waals surface area contributed by atoms with Gasteiger partial charge in [0, 0.05) is 49.1 Å². The van der Waals surface area contributed by atoms with Crippen molar-refractivity contribution in [3.63, 3.8) is 0 Å². The highest BCUT2D eigenvalue weighted by molar-refractivity contribution is 5.91. The summed E-state index contributed by atoms with van der Waals surface area (Å²) >= 11 is 0. The third-order valence-electron chi connectivity index (χ3n) is 6.41. The molecule has 1 aromatic heterocycles. The molecule has 33 heavy (non-hydrogen) atoms. The maximum Gasteiger partial charge on any atom is 0.224 e. The zero-order valence-electron chi connectivity index (χ0n) is 19.4. The van der Waals surface area contributed by atoms with Crippen molar-refractivity contribution in [2.75, 3.05) is 26.7 Å². The molecule has 6 heteroatoms. The molecule has 174 valence electrons. The second-order valence-electron chi connectivity index (χ2n) is 8.65. The Morgan fingerprint density at radius 3 is 2.42 bits per heavy atom. The fourth-order valence-corrected chi connectivity index (χ4v) is 4.58. The first-order chi connectivity index (χ1) is 16.2. The van der Waals surface area contributed by atoms with Crippen molar-refractivity contribution in [3.05, 3.63) is 54.1 Å². The Balaban J connectivity index is 1.37. The topological polar surface area (TPSA) is 74.4 Å². The van der Waals surface area contributed by atoms with E-state index in [-0.39, 0.29) is 11.8 Å². The zero-order valence-corrected chi connectivity index (χ0v) is 19.4. The van der Waals surface area contributed by atoms with Crippen molar-refractivity contribution in [2.45, 2.75) is 44.9 Å². The summed E-state index contributed by atoms with van der Waals surface area (Å²) in [5.41, 5.74) is 4.28. The second-order valence-corrected chi connectivity index (χ2v) is 8.65. The van der Waals surface area contributed by atoms with E-state index in [2.05, 4.69) is 22.4 Å². The number of carbonyl (C=O) groups is 2. The highest BCUT2D eigenvalue weighted by Crippen LogP contribution is 2.32. The number of nitrogens with one attached hydrogen (secondary N) is 2. The maximum absolute atomic E-state index is 12.6. The molecule has 2 N–H and O–H groups in total. The van der Waals surface area contributed by atoms with E-state index in [1.807, 2.05) is 41.3 Å². The minimum Gasteiger partial charge on any atom is -0.497 e. The van der Waals surface area contributed by atoms with E-state index in [0.29, 0.717) is 25.8 Å². The van der Waals surface area contributed by atoms with E-state index in [0.717, 1.165) is 59.4 Å². The molecule has 1 aliphatic heterocycles. The van der Waals surface area contributed by atoms with Crippen molar-refractivity contribution in [2.24, 2.45) is 0 Å². The van der Waals surface area contributed by atoms with Gasteiger partial charge in [-0.25, -0.2) is 0 Å². The number of methoxy groups -OCH3 is 1. The van der Waals surface area contributed by atoms with Gasteiger partial charge in [0.2, 0.25) is 11.8 Å². The van der Waals surface area contributed by atoms with E-state index < -0.39 is 0 Å². The lowest BCUT2D eigenvalue weighted by atomic mass is 10.0. The van der Waals surface area contributed by atoms with Gasteiger partial charge in [0.15, 0.2) is 0 Å². The number of nitrogens with zero attached hydrogens (tertiary/aromatic N) is 1. The van der Waals surface area contributed by atoms with Gasteiger partial charge in [-0.2, -0.15) is 0 Å². The number of hydrogen-bond donors (Lipinski definition) is 2. The quantitative estimate of drug-likeness (QED) is 0.526. The first-order valence-corrected chi connectivity index (χ1v) is 11.9. The minimum atomic E-state index is -0.0235. The fourth-order valence-electron chi connectivity index (χ4n) is 4.58. The van der Waals surface area contributed by atoms with Crippen molar-refractivity contribution in [1.29, 1.82) is 0 Å². The fraction of sp³-hybridized carbons (Fsp3) is 0.407. The molecule has 1 saturated heterocycles. The first-order valence-electron chi connectivity index (χ1n) is 11.9. The number of H-pyrrole nitrogens is 1. The van der Waals surface area contributed by atoms with E-state index in [1.54, 1.807) is 7.11 Å². The molecule has 0 aliphatic carbocycles. The largest absolute Gasteiger partial charge is 0.497 e. The number of carbonyl (C=O) groups excluding carboxylic acids is 2. The number of amides is 2. The number of rotatable bonds is 8. The smallest absolute Gasteiger partial charge is 0.224 e. The van der Waals surface area contributed by atoms with Crippen LogP contribution >= 0.6 is 0 Å². The lowest BCUT2D eigenvalue weighted by Crippen LogP contribution is -2.35. The van der Waals surface area contributed by atoms with Crippen molar-refractivity contribution >= 4 is 22.7 Å². The van der Waals surface area contributed by atoms with Gasteiger partial charge in [-0.1, -0.05) is 31.0 Å². The predicted octanol–water partition coefficient (Wildman–Crippen LogP) is 4.69. The average Bonchev–Trinajstić information content (AvgIpc) is 3.00. The van der Waals surface area contributed by atoms with Crippen LogP contribution in [0.2, 0.25) is 0 Å². The van der Waals surface area contributed by atoms with Crippen molar-refractivity contribution in [3.8, 4) is 17.0 Å². The summed E-state index contributed by atoms with van der Waals surface area (Å²) in [6.07, 6.45) is 5.94. The summed E-state index contributed by atoms with van der Waals surface area (Å²) in [6.45, 7) is 2.09. The second kappa shape index (κ2) is 11.0. The van der Waals surface area contributed by atoms with Gasteiger partial charge in [0.25, 0.3) is 0 Å². The van der Waals surface area contributed by atoms with Crippen LogP contribution in [0, 0.1) is 0 Å². The van der Waals surface area contributed by atoms with Crippen LogP contribution in [0.5, 0.6) is 5.75 Å². The number of likely N-dealkylation sites (tertiary alicyclic amines) is 1. The van der Waals surface area contributed by atoms with Gasteiger partial charge in [-0.05, 0) is 60.7 Å². The monoisotopic (exact) mass is 447 g/mol. The molecule has 3 aromatic rings. The Kier molecular flexibility index (Phi) is 7.66. The van der Waals surface area contributed by atoms with Gasteiger partial charge < -0.3 is 19.9 Å². The van der Waals surface area contributed by atoms with Crippen molar-refractivity contribution < 1.29 is 14.3 Å². The number of aromatic amines is 1. The molecular weight excluding hydrogens is 414 g/mol. The Morgan fingerprint density at radius 1 is 0.970 bits per heavy atom. The van der Waals surface area contributed by atoms with Crippen LogP contribution in [0.3, 0.4) is 0 Å². The molecule has 0 atom stereocenters. The van der Waals surface area contributed by atoms with E-state index in [9.17, 15) is 9.59 Å². The summed E-state index contributed by atoms with van der Waals surface area (Å²) in [5, 5.41) is 4.07. The highest BCUT2D eigenvalue weighted by atomic mass is 16.5. The number of aryl methyl sites for hydroxylation is 1. The Bertz CT molecular complexity index is 1080. The number of ether oxygens (including phenoxy) is 1. The molecule has 0 saturated carbocycles. The Morgan fingerprint density at radius 2 is 1.70 bits per heavy atom. The third kappa shape index (κ3) is 5.75. The molecule has 1 fully saturated rings. The molecule has 2 heterocycles. The highest BCUT2D eigenvalue weighted by Gasteiger charge is 2.17. The number of aromatic nitrogens is 1. The molecule has 0 unspecified atom stereocenters. The van der Waals surface area contributed by atoms with Gasteiger partial charge in [-0.3, -0.25) is 9.59 Å². The van der Waals surface area contributed by atoms with E-state index >= 15 is 0 Å². The standard InChI is InChI=1S/C27H33N3O3/c1-33-21-12-10-20(11-13-21)27-23(22-8-4-5-9-24(22)29-27)14-15-25(31)28-17-16-26(32)30-18-6-2-3-7-19-30/h4-5,8-13,29H,2-3,6-7,14-19H2,1H3,(H,28,31). The molecule has 0 bridgehead atoms. The number of fused-ring (bicyclic) bond motifs is 1. The molecule has 2 amide bonds. The first kappa shape index (κ1) is 22.9. The molecule has 0 spiro atoms. The summed E-state index contributed by atoms with van der Waals surface area (Å²) in [6, 6.07) is 16.1. The van der Waals surface area contributed by atoms with Crippen LogP contribution in [0.25, 0.3) is 22.2 Å². The number of para-hydroxylation sites is 1. The number of hydrogen-bond acceptors (Lipinski definition) is 3. The molecular formula is C27H33N3O3. The molecule has 6 nitrogen and oxygen atoms in total. The third-order valence-corrected chi connectivity index (χ3v) is 6.41. The SMILES string of the molecule is COc1ccc(-c2[nH]c3ccccc3c2CCC(=O)NCCC(=O)N2CCCCCC2)cc1. The zero-order chi connectivity index (χ0) is 23.0. The summed E-state index contributed by atoms with van der Waals surface area (Å²) < 4.78 is 5.28. The molecule has 2 aromatic carbocycles. The normalized spacial score (nSPS) is 14.2. The lowest BCUT2D eigenvalue weighted by Gasteiger charge is -2.20. The van der Waals surface area contributed by atoms with Crippen LogP contribution < -0.4 is 10.1 Å². The summed E-state index contributed by atoms with van der Waals surface area (Å²) in [5.74, 6) is 0.936. The van der Waals surface area contributed by atoms with Crippen molar-refractivity contribution in [1.82, 2.24) is 15.2 Å². The Hall–Kier alpha value is -3.28. The van der Waals surface area contributed by atoms with Crippen LogP contribution in [0.1, 0.15) is 44.1 Å². The maximum atomic E-state index is 12.6. The minimum absolute atomic E-state index is 0.0235. The summed E-state index contributed by atoms with van der Waals surface area (Å²) in [4.78, 5) is 30.5. The van der Waals surface area contributed by atoms with Gasteiger partial charge in [0.1, 0.15) is 5.75 Å². The Labute approximate surface area is 195 Å². The predicted molar refractivity (Wildman–Crippen MR) is 131 cm³/mol. The molecule has 1 aliphatic rings. The van der Waals surface area contributed by atoms with Gasteiger partial charge in [-0.15, -0.1) is 0 Å². The van der Waals surface area contributed by atoms with E-state index in [4.69, 9.17) is 4.74 Å².